The Hall–Kier alpha value is -2.69. The third-order valence-electron chi connectivity index (χ3n) is 2.71. The Balaban J connectivity index is 2.23. The van der Waals surface area contributed by atoms with Gasteiger partial charge in [0.25, 0.3) is 0 Å². The van der Waals surface area contributed by atoms with E-state index in [4.69, 9.17) is 9.84 Å². The van der Waals surface area contributed by atoms with Crippen LogP contribution in [0.15, 0.2) is 42.6 Å². The van der Waals surface area contributed by atoms with Gasteiger partial charge in [-0.2, -0.15) is 0 Å². The molecule has 20 heavy (non-hydrogen) atoms. The number of rotatable bonds is 5. The Morgan fingerprint density at radius 2 is 1.90 bits per heavy atom. The lowest BCUT2D eigenvalue weighted by molar-refractivity contribution is 0.0693. The van der Waals surface area contributed by atoms with Crippen molar-refractivity contribution >= 4 is 11.8 Å². The summed E-state index contributed by atoms with van der Waals surface area (Å²) in [5.74, 6) is -0.611. The zero-order valence-electron chi connectivity index (χ0n) is 10.9. The van der Waals surface area contributed by atoms with Gasteiger partial charge in [0.05, 0.1) is 0 Å². The lowest BCUT2D eigenvalue weighted by atomic mass is 10.1. The minimum Gasteiger partial charge on any atom is -0.477 e. The highest BCUT2D eigenvalue weighted by atomic mass is 16.5. The van der Waals surface area contributed by atoms with Gasteiger partial charge in [0.2, 0.25) is 5.88 Å². The number of hydrogen-bond donors (Lipinski definition) is 1. The molecular weight excluding hydrogens is 258 g/mol. The fourth-order valence-electron chi connectivity index (χ4n) is 1.66. The SMILES string of the molecule is CCC(=O)c1ccc(Oc2ncccc2C(=O)O)cc1. The van der Waals surface area contributed by atoms with Crippen molar-refractivity contribution in [3.63, 3.8) is 0 Å². The molecule has 1 N–H and O–H groups in total. The van der Waals surface area contributed by atoms with Crippen molar-refractivity contribution in [3.05, 3.63) is 53.7 Å². The second-order valence-corrected chi connectivity index (χ2v) is 4.06. The third-order valence-corrected chi connectivity index (χ3v) is 2.71. The summed E-state index contributed by atoms with van der Waals surface area (Å²) < 4.78 is 5.44. The van der Waals surface area contributed by atoms with Crippen molar-refractivity contribution < 1.29 is 19.4 Å². The maximum atomic E-state index is 11.5. The van der Waals surface area contributed by atoms with Crippen LogP contribution in [0.2, 0.25) is 0 Å². The number of benzene rings is 1. The van der Waals surface area contributed by atoms with Crippen LogP contribution in [0.4, 0.5) is 0 Å². The van der Waals surface area contributed by atoms with Crippen molar-refractivity contribution in [2.24, 2.45) is 0 Å². The number of ketones is 1. The first-order valence-corrected chi connectivity index (χ1v) is 6.11. The molecule has 0 atom stereocenters. The average molecular weight is 271 g/mol. The van der Waals surface area contributed by atoms with Crippen LogP contribution in [-0.4, -0.2) is 21.8 Å². The molecule has 0 amide bonds. The van der Waals surface area contributed by atoms with Crippen LogP contribution in [-0.2, 0) is 0 Å². The molecule has 0 saturated carbocycles. The van der Waals surface area contributed by atoms with Crippen LogP contribution in [0.5, 0.6) is 11.6 Å². The van der Waals surface area contributed by atoms with Gasteiger partial charge in [0.15, 0.2) is 5.78 Å². The smallest absolute Gasteiger partial charge is 0.341 e. The topological polar surface area (TPSA) is 76.5 Å². The molecule has 0 spiro atoms. The summed E-state index contributed by atoms with van der Waals surface area (Å²) in [6, 6.07) is 9.46. The number of aromatic carboxylic acids is 1. The van der Waals surface area contributed by atoms with Gasteiger partial charge in [0.1, 0.15) is 11.3 Å². The van der Waals surface area contributed by atoms with E-state index in [1.165, 1.54) is 18.3 Å². The van der Waals surface area contributed by atoms with Gasteiger partial charge >= 0.3 is 5.97 Å². The molecule has 1 heterocycles. The maximum absolute atomic E-state index is 11.5. The number of hydrogen-bond acceptors (Lipinski definition) is 4. The predicted octanol–water partition coefficient (Wildman–Crippen LogP) is 3.16. The van der Waals surface area contributed by atoms with E-state index >= 15 is 0 Å². The number of pyridine rings is 1. The summed E-state index contributed by atoms with van der Waals surface area (Å²) in [5.41, 5.74) is 0.584. The molecule has 1 aromatic heterocycles. The number of carboxylic acids is 1. The molecule has 2 aromatic rings. The number of carbonyl (C=O) groups is 2. The van der Waals surface area contributed by atoms with E-state index in [1.807, 2.05) is 0 Å². The molecule has 0 radical (unpaired) electrons. The highest BCUT2D eigenvalue weighted by Gasteiger charge is 2.12. The first kappa shape index (κ1) is 13.7. The van der Waals surface area contributed by atoms with Crippen LogP contribution in [0.1, 0.15) is 34.1 Å². The largest absolute Gasteiger partial charge is 0.477 e. The molecule has 0 unspecified atom stereocenters. The van der Waals surface area contributed by atoms with Crippen LogP contribution in [0.25, 0.3) is 0 Å². The summed E-state index contributed by atoms with van der Waals surface area (Å²) >= 11 is 0. The quantitative estimate of drug-likeness (QED) is 0.845. The Bertz CT molecular complexity index is 635. The number of ether oxygens (including phenoxy) is 1. The molecule has 5 heteroatoms. The Labute approximate surface area is 115 Å². The molecule has 1 aromatic carbocycles. The molecule has 102 valence electrons. The minimum atomic E-state index is -1.11. The van der Waals surface area contributed by atoms with Crippen LogP contribution in [0, 0.1) is 0 Å². The van der Waals surface area contributed by atoms with E-state index in [2.05, 4.69) is 4.98 Å². The van der Waals surface area contributed by atoms with Crippen LogP contribution < -0.4 is 4.74 Å². The zero-order valence-corrected chi connectivity index (χ0v) is 10.9. The molecule has 2 rings (SSSR count). The predicted molar refractivity (Wildman–Crippen MR) is 72.3 cm³/mol. The molecule has 0 fully saturated rings. The fourth-order valence-corrected chi connectivity index (χ4v) is 1.66. The van der Waals surface area contributed by atoms with E-state index in [-0.39, 0.29) is 17.2 Å². The number of nitrogens with zero attached hydrogens (tertiary/aromatic N) is 1. The molecule has 0 aliphatic rings. The molecule has 5 nitrogen and oxygen atoms in total. The first-order chi connectivity index (χ1) is 9.61. The second-order valence-electron chi connectivity index (χ2n) is 4.06. The Morgan fingerprint density at radius 1 is 1.20 bits per heavy atom. The van der Waals surface area contributed by atoms with Crippen molar-refractivity contribution in [3.8, 4) is 11.6 Å². The van der Waals surface area contributed by atoms with Gasteiger partial charge in [-0.05, 0) is 36.4 Å². The Morgan fingerprint density at radius 3 is 2.50 bits per heavy atom. The van der Waals surface area contributed by atoms with E-state index in [0.29, 0.717) is 17.7 Å². The lowest BCUT2D eigenvalue weighted by Gasteiger charge is -2.07. The monoisotopic (exact) mass is 271 g/mol. The van der Waals surface area contributed by atoms with Gasteiger partial charge in [0, 0.05) is 18.2 Å². The summed E-state index contributed by atoms with van der Waals surface area (Å²) in [6.07, 6.45) is 1.89. The first-order valence-electron chi connectivity index (χ1n) is 6.11. The van der Waals surface area contributed by atoms with Crippen LogP contribution in [0.3, 0.4) is 0 Å². The lowest BCUT2D eigenvalue weighted by Crippen LogP contribution is -2.01. The van der Waals surface area contributed by atoms with E-state index in [1.54, 1.807) is 31.2 Å². The maximum Gasteiger partial charge on any atom is 0.341 e. The molecule has 0 saturated heterocycles. The van der Waals surface area contributed by atoms with Crippen molar-refractivity contribution in [1.29, 1.82) is 0 Å². The van der Waals surface area contributed by atoms with E-state index in [9.17, 15) is 9.59 Å². The standard InChI is InChI=1S/C15H13NO4/c1-2-13(17)10-5-7-11(8-6-10)20-14-12(15(18)19)4-3-9-16-14/h3-9H,2H2,1H3,(H,18,19). The minimum absolute atomic E-state index is 0.0128. The number of Topliss-reactive ketones (excluding diaryl/α,β-unsaturated/α-hetero) is 1. The summed E-state index contributed by atoms with van der Waals surface area (Å²) in [7, 11) is 0. The third kappa shape index (κ3) is 3.00. The highest BCUT2D eigenvalue weighted by Crippen LogP contribution is 2.23. The Kier molecular flexibility index (Phi) is 4.10. The van der Waals surface area contributed by atoms with Gasteiger partial charge < -0.3 is 9.84 Å². The average Bonchev–Trinajstić information content (AvgIpc) is 2.47. The summed E-state index contributed by atoms with van der Waals surface area (Å²) in [4.78, 5) is 26.4. The number of aromatic nitrogens is 1. The molecular formula is C15H13NO4. The second kappa shape index (κ2) is 5.97. The zero-order chi connectivity index (χ0) is 14.5. The normalized spacial score (nSPS) is 10.1. The van der Waals surface area contributed by atoms with Crippen molar-refractivity contribution in [2.45, 2.75) is 13.3 Å². The van der Waals surface area contributed by atoms with Crippen molar-refractivity contribution in [1.82, 2.24) is 4.98 Å². The molecule has 0 aliphatic heterocycles. The summed E-state index contributed by atoms with van der Waals surface area (Å²) in [5, 5.41) is 9.03. The molecule has 0 aliphatic carbocycles. The highest BCUT2D eigenvalue weighted by molar-refractivity contribution is 5.95. The number of carbonyl (C=O) groups excluding carboxylic acids is 1. The van der Waals surface area contributed by atoms with Crippen LogP contribution >= 0.6 is 0 Å². The molecule has 0 bridgehead atoms. The summed E-state index contributed by atoms with van der Waals surface area (Å²) in [6.45, 7) is 1.79. The van der Waals surface area contributed by atoms with E-state index in [0.717, 1.165) is 0 Å². The van der Waals surface area contributed by atoms with Gasteiger partial charge in [-0.3, -0.25) is 4.79 Å². The van der Waals surface area contributed by atoms with Gasteiger partial charge in [-0.15, -0.1) is 0 Å². The fraction of sp³-hybridized carbons (Fsp3) is 0.133. The van der Waals surface area contributed by atoms with Gasteiger partial charge in [-0.25, -0.2) is 9.78 Å². The van der Waals surface area contributed by atoms with Gasteiger partial charge in [-0.1, -0.05) is 6.92 Å². The number of carboxylic acid groups (broad SMARTS) is 1. The van der Waals surface area contributed by atoms with Crippen molar-refractivity contribution in [2.75, 3.05) is 0 Å². The van der Waals surface area contributed by atoms with E-state index < -0.39 is 5.97 Å².